The molecule has 0 aliphatic heterocycles. The number of nitrogens with one attached hydrogen (secondary N) is 2. The lowest BCUT2D eigenvalue weighted by Crippen LogP contribution is -2.14. The summed E-state index contributed by atoms with van der Waals surface area (Å²) in [6.07, 6.45) is 3.38. The van der Waals surface area contributed by atoms with Crippen LogP contribution >= 0.6 is 11.6 Å². The van der Waals surface area contributed by atoms with Crippen molar-refractivity contribution in [3.63, 3.8) is 0 Å². The normalized spacial score (nSPS) is 10.3. The SMILES string of the molecule is Cc1c(Cl)cccc1NC(=O)c1ccc(NCc2ccccn2)cn1. The van der Waals surface area contributed by atoms with E-state index in [9.17, 15) is 4.79 Å². The number of anilines is 2. The lowest BCUT2D eigenvalue weighted by molar-refractivity contribution is 0.102. The third kappa shape index (κ3) is 4.33. The smallest absolute Gasteiger partial charge is 0.274 e. The Kier molecular flexibility index (Phi) is 5.26. The minimum atomic E-state index is -0.276. The second-order valence-electron chi connectivity index (χ2n) is 5.47. The third-order valence-corrected chi connectivity index (χ3v) is 4.12. The molecular weight excluding hydrogens is 336 g/mol. The maximum absolute atomic E-state index is 12.3. The van der Waals surface area contributed by atoms with Crippen LogP contribution in [-0.4, -0.2) is 15.9 Å². The Morgan fingerprint density at radius 1 is 1.08 bits per heavy atom. The molecule has 2 heterocycles. The molecule has 2 N–H and O–H groups in total. The molecule has 0 unspecified atom stereocenters. The number of halogens is 1. The maximum Gasteiger partial charge on any atom is 0.274 e. The van der Waals surface area contributed by atoms with Crippen LogP contribution in [-0.2, 0) is 6.54 Å². The molecule has 0 fully saturated rings. The number of nitrogens with zero attached hydrogens (tertiary/aromatic N) is 2. The molecule has 0 aliphatic carbocycles. The predicted molar refractivity (Wildman–Crippen MR) is 99.9 cm³/mol. The van der Waals surface area contributed by atoms with Gasteiger partial charge in [0, 0.05) is 16.9 Å². The molecule has 126 valence electrons. The number of hydrogen-bond acceptors (Lipinski definition) is 4. The van der Waals surface area contributed by atoms with E-state index in [0.29, 0.717) is 22.9 Å². The molecule has 0 spiro atoms. The van der Waals surface area contributed by atoms with Gasteiger partial charge in [-0.05, 0) is 48.9 Å². The van der Waals surface area contributed by atoms with Gasteiger partial charge in [0.05, 0.1) is 24.1 Å². The van der Waals surface area contributed by atoms with Crippen molar-refractivity contribution in [3.8, 4) is 0 Å². The number of rotatable bonds is 5. The molecule has 25 heavy (non-hydrogen) atoms. The average molecular weight is 353 g/mol. The molecule has 1 amide bonds. The van der Waals surface area contributed by atoms with E-state index in [2.05, 4.69) is 20.6 Å². The van der Waals surface area contributed by atoms with Crippen LogP contribution in [0, 0.1) is 6.92 Å². The molecule has 0 atom stereocenters. The fourth-order valence-electron chi connectivity index (χ4n) is 2.26. The zero-order chi connectivity index (χ0) is 17.6. The van der Waals surface area contributed by atoms with Crippen LogP contribution in [0.5, 0.6) is 0 Å². The number of hydrogen-bond donors (Lipinski definition) is 2. The van der Waals surface area contributed by atoms with E-state index < -0.39 is 0 Å². The first-order chi connectivity index (χ1) is 12.1. The molecule has 5 nitrogen and oxygen atoms in total. The summed E-state index contributed by atoms with van der Waals surface area (Å²) in [6, 6.07) is 14.6. The highest BCUT2D eigenvalue weighted by molar-refractivity contribution is 6.31. The minimum Gasteiger partial charge on any atom is -0.378 e. The first-order valence-corrected chi connectivity index (χ1v) is 8.17. The molecule has 3 aromatic rings. The van der Waals surface area contributed by atoms with Gasteiger partial charge in [-0.15, -0.1) is 0 Å². The first-order valence-electron chi connectivity index (χ1n) is 7.80. The average Bonchev–Trinajstić information content (AvgIpc) is 2.65. The van der Waals surface area contributed by atoms with Crippen molar-refractivity contribution in [2.24, 2.45) is 0 Å². The zero-order valence-corrected chi connectivity index (χ0v) is 14.4. The van der Waals surface area contributed by atoms with Gasteiger partial charge in [0.15, 0.2) is 0 Å². The molecule has 0 bridgehead atoms. The van der Waals surface area contributed by atoms with Crippen LogP contribution in [0.2, 0.25) is 5.02 Å². The van der Waals surface area contributed by atoms with Gasteiger partial charge in [-0.1, -0.05) is 23.7 Å². The van der Waals surface area contributed by atoms with Crippen molar-refractivity contribution in [2.75, 3.05) is 10.6 Å². The lowest BCUT2D eigenvalue weighted by Gasteiger charge is -2.10. The highest BCUT2D eigenvalue weighted by Crippen LogP contribution is 2.23. The molecule has 2 aromatic heterocycles. The summed E-state index contributed by atoms with van der Waals surface area (Å²) < 4.78 is 0. The van der Waals surface area contributed by atoms with Gasteiger partial charge in [0.2, 0.25) is 0 Å². The number of pyridine rings is 2. The largest absolute Gasteiger partial charge is 0.378 e. The van der Waals surface area contributed by atoms with E-state index in [1.54, 1.807) is 30.6 Å². The van der Waals surface area contributed by atoms with Crippen LogP contribution < -0.4 is 10.6 Å². The van der Waals surface area contributed by atoms with E-state index in [4.69, 9.17) is 11.6 Å². The second kappa shape index (κ2) is 7.77. The quantitative estimate of drug-likeness (QED) is 0.718. The molecule has 0 saturated carbocycles. The number of carbonyl (C=O) groups excluding carboxylic acids is 1. The topological polar surface area (TPSA) is 66.9 Å². The molecule has 1 aromatic carbocycles. The Labute approximate surface area is 151 Å². The Hall–Kier alpha value is -2.92. The number of benzene rings is 1. The van der Waals surface area contributed by atoms with Gasteiger partial charge in [-0.2, -0.15) is 0 Å². The predicted octanol–water partition coefficient (Wildman–Crippen LogP) is 4.30. The molecule has 0 saturated heterocycles. The van der Waals surface area contributed by atoms with Crippen LogP contribution in [0.4, 0.5) is 11.4 Å². The Morgan fingerprint density at radius 2 is 1.96 bits per heavy atom. The van der Waals surface area contributed by atoms with Crippen molar-refractivity contribution in [1.82, 2.24) is 9.97 Å². The van der Waals surface area contributed by atoms with Crippen molar-refractivity contribution in [3.05, 3.63) is 82.9 Å². The molecular formula is C19H17ClN4O. The van der Waals surface area contributed by atoms with Crippen LogP contribution in [0.15, 0.2) is 60.9 Å². The first kappa shape index (κ1) is 16.9. The number of amides is 1. The maximum atomic E-state index is 12.3. The summed E-state index contributed by atoms with van der Waals surface area (Å²) in [5.74, 6) is -0.276. The van der Waals surface area contributed by atoms with Crippen molar-refractivity contribution in [1.29, 1.82) is 0 Å². The van der Waals surface area contributed by atoms with E-state index >= 15 is 0 Å². The van der Waals surface area contributed by atoms with Crippen LogP contribution in [0.3, 0.4) is 0 Å². The van der Waals surface area contributed by atoms with Crippen molar-refractivity contribution >= 4 is 28.9 Å². The highest BCUT2D eigenvalue weighted by atomic mass is 35.5. The van der Waals surface area contributed by atoms with E-state index in [-0.39, 0.29) is 5.91 Å². The molecule has 6 heteroatoms. The van der Waals surface area contributed by atoms with Gasteiger partial charge >= 0.3 is 0 Å². The van der Waals surface area contributed by atoms with Gasteiger partial charge in [-0.3, -0.25) is 9.78 Å². The monoisotopic (exact) mass is 352 g/mol. The van der Waals surface area contributed by atoms with Gasteiger partial charge in [0.25, 0.3) is 5.91 Å². The fraction of sp³-hybridized carbons (Fsp3) is 0.105. The van der Waals surface area contributed by atoms with Crippen molar-refractivity contribution in [2.45, 2.75) is 13.5 Å². The zero-order valence-electron chi connectivity index (χ0n) is 13.7. The summed E-state index contributed by atoms with van der Waals surface area (Å²) in [6.45, 7) is 2.45. The van der Waals surface area contributed by atoms with Crippen molar-refractivity contribution < 1.29 is 4.79 Å². The third-order valence-electron chi connectivity index (χ3n) is 3.71. The fourth-order valence-corrected chi connectivity index (χ4v) is 2.43. The summed E-state index contributed by atoms with van der Waals surface area (Å²) in [5, 5.41) is 6.66. The Morgan fingerprint density at radius 3 is 2.68 bits per heavy atom. The summed E-state index contributed by atoms with van der Waals surface area (Å²) in [7, 11) is 0. The molecule has 0 aliphatic rings. The molecule has 3 rings (SSSR count). The van der Waals surface area contributed by atoms with Crippen LogP contribution in [0.1, 0.15) is 21.7 Å². The van der Waals surface area contributed by atoms with E-state index in [1.807, 2.05) is 37.3 Å². The number of carbonyl (C=O) groups is 1. The van der Waals surface area contributed by atoms with Gasteiger partial charge in [-0.25, -0.2) is 4.98 Å². The van der Waals surface area contributed by atoms with Gasteiger partial charge in [0.1, 0.15) is 5.69 Å². The summed E-state index contributed by atoms with van der Waals surface area (Å²) in [5.41, 5.74) is 3.59. The minimum absolute atomic E-state index is 0.276. The van der Waals surface area contributed by atoms with Crippen LogP contribution in [0.25, 0.3) is 0 Å². The highest BCUT2D eigenvalue weighted by Gasteiger charge is 2.10. The Bertz CT molecular complexity index is 866. The molecule has 0 radical (unpaired) electrons. The van der Waals surface area contributed by atoms with E-state index in [1.165, 1.54) is 0 Å². The second-order valence-corrected chi connectivity index (χ2v) is 5.88. The lowest BCUT2D eigenvalue weighted by atomic mass is 10.2. The van der Waals surface area contributed by atoms with E-state index in [0.717, 1.165) is 16.9 Å². The van der Waals surface area contributed by atoms with Gasteiger partial charge < -0.3 is 10.6 Å². The summed E-state index contributed by atoms with van der Waals surface area (Å²) in [4.78, 5) is 20.8. The Balaban J connectivity index is 1.63. The number of aromatic nitrogens is 2. The summed E-state index contributed by atoms with van der Waals surface area (Å²) >= 11 is 6.07. The standard InChI is InChI=1S/C19H17ClN4O/c1-13-16(20)6-4-7-17(13)24-19(25)18-9-8-15(12-23-18)22-11-14-5-2-3-10-21-14/h2-10,12,22H,11H2,1H3,(H,24,25).